The lowest BCUT2D eigenvalue weighted by atomic mass is 10.2. The molecule has 8 nitrogen and oxygen atoms in total. The van der Waals surface area contributed by atoms with Crippen LogP contribution in [-0.2, 0) is 0 Å². The van der Waals surface area contributed by atoms with Gasteiger partial charge in [0.1, 0.15) is 6.20 Å². The highest BCUT2D eigenvalue weighted by Gasteiger charge is 2.18. The van der Waals surface area contributed by atoms with E-state index in [9.17, 15) is 20.2 Å². The van der Waals surface area contributed by atoms with E-state index < -0.39 is 9.85 Å². The maximum Gasteiger partial charge on any atom is 0.313 e. The molecule has 0 aliphatic heterocycles. The lowest BCUT2D eigenvalue weighted by Gasteiger charge is -2.07. The molecule has 0 aliphatic carbocycles. The van der Waals surface area contributed by atoms with Crippen LogP contribution in [0.4, 0.5) is 11.4 Å². The second kappa shape index (κ2) is 5.71. The van der Waals surface area contributed by atoms with Crippen molar-refractivity contribution < 1.29 is 14.6 Å². The topological polar surface area (TPSA) is 108 Å². The first-order valence-corrected chi connectivity index (χ1v) is 5.99. The third kappa shape index (κ3) is 3.23. The highest BCUT2D eigenvalue weighted by atomic mass is 35.5. The lowest BCUT2D eigenvalue weighted by molar-refractivity contribution is -0.385. The molecule has 21 heavy (non-hydrogen) atoms. The number of nitro groups is 2. The molecule has 0 saturated carbocycles. The van der Waals surface area contributed by atoms with E-state index in [1.165, 1.54) is 18.2 Å². The Morgan fingerprint density at radius 1 is 1.19 bits per heavy atom. The van der Waals surface area contributed by atoms with Crippen molar-refractivity contribution in [2.75, 3.05) is 0 Å². The van der Waals surface area contributed by atoms with Gasteiger partial charge in [0.05, 0.1) is 9.85 Å². The number of aryl methyl sites for hydroxylation is 1. The molecule has 1 aromatic carbocycles. The number of aromatic nitrogens is 1. The Labute approximate surface area is 123 Å². The molecule has 0 aliphatic rings. The maximum absolute atomic E-state index is 10.9. The first-order valence-electron chi connectivity index (χ1n) is 5.61. The molecule has 0 amide bonds. The number of rotatable bonds is 4. The van der Waals surface area contributed by atoms with Crippen molar-refractivity contribution in [1.82, 2.24) is 4.98 Å². The fraction of sp³-hybridized carbons (Fsp3) is 0.0833. The predicted octanol–water partition coefficient (Wildman–Crippen LogP) is 3.65. The van der Waals surface area contributed by atoms with Gasteiger partial charge in [-0.25, -0.2) is 4.98 Å². The average molecular weight is 310 g/mol. The van der Waals surface area contributed by atoms with Gasteiger partial charge in [0.15, 0.2) is 0 Å². The minimum atomic E-state index is -0.637. The van der Waals surface area contributed by atoms with Crippen molar-refractivity contribution in [1.29, 1.82) is 0 Å². The van der Waals surface area contributed by atoms with Crippen molar-refractivity contribution in [3.05, 3.63) is 61.3 Å². The molecule has 108 valence electrons. The molecule has 0 radical (unpaired) electrons. The van der Waals surface area contributed by atoms with Crippen molar-refractivity contribution >= 4 is 23.0 Å². The number of pyridine rings is 1. The zero-order valence-corrected chi connectivity index (χ0v) is 11.4. The van der Waals surface area contributed by atoms with Gasteiger partial charge in [0.25, 0.3) is 5.69 Å². The number of nitrogens with zero attached hydrogens (tertiary/aromatic N) is 3. The van der Waals surface area contributed by atoms with Crippen molar-refractivity contribution in [3.63, 3.8) is 0 Å². The number of halogens is 1. The standard InChI is InChI=1S/C12H8ClN3O5/c1-7-4-9(15(17)18)6-14-12(7)21-11-3-2-8(13)5-10(11)16(19)20/h2-6H,1H3. The molecule has 0 N–H and O–H groups in total. The lowest BCUT2D eigenvalue weighted by Crippen LogP contribution is -1.97. The number of ether oxygens (including phenoxy) is 1. The fourth-order valence-electron chi connectivity index (χ4n) is 1.58. The fourth-order valence-corrected chi connectivity index (χ4v) is 1.74. The molecule has 0 unspecified atom stereocenters. The van der Waals surface area contributed by atoms with Crippen LogP contribution >= 0.6 is 11.6 Å². The van der Waals surface area contributed by atoms with Crippen LogP contribution in [0.25, 0.3) is 0 Å². The Kier molecular flexibility index (Phi) is 3.99. The Bertz CT molecular complexity index is 735. The monoisotopic (exact) mass is 309 g/mol. The van der Waals surface area contributed by atoms with Gasteiger partial charge < -0.3 is 4.74 Å². The van der Waals surface area contributed by atoms with E-state index in [2.05, 4.69) is 4.98 Å². The Balaban J connectivity index is 2.39. The van der Waals surface area contributed by atoms with Crippen LogP contribution in [0, 0.1) is 27.2 Å². The van der Waals surface area contributed by atoms with Crippen molar-refractivity contribution in [3.8, 4) is 11.6 Å². The van der Waals surface area contributed by atoms with E-state index in [1.807, 2.05) is 0 Å². The summed E-state index contributed by atoms with van der Waals surface area (Å²) in [5, 5.41) is 21.8. The van der Waals surface area contributed by atoms with Crippen LogP contribution in [-0.4, -0.2) is 14.8 Å². The number of nitro benzene ring substituents is 1. The summed E-state index contributed by atoms with van der Waals surface area (Å²) in [5.41, 5.74) is -0.124. The molecule has 0 atom stereocenters. The second-order valence-electron chi connectivity index (χ2n) is 4.04. The summed E-state index contributed by atoms with van der Waals surface area (Å²) in [6, 6.07) is 5.19. The Morgan fingerprint density at radius 2 is 1.90 bits per heavy atom. The highest BCUT2D eigenvalue weighted by Crippen LogP contribution is 2.34. The molecule has 0 bridgehead atoms. The van der Waals surface area contributed by atoms with Crippen LogP contribution in [0.5, 0.6) is 11.6 Å². The van der Waals surface area contributed by atoms with Crippen LogP contribution < -0.4 is 4.74 Å². The third-order valence-electron chi connectivity index (χ3n) is 2.55. The maximum atomic E-state index is 10.9. The molecule has 1 aromatic heterocycles. The van der Waals surface area contributed by atoms with Crippen LogP contribution in [0.3, 0.4) is 0 Å². The largest absolute Gasteiger partial charge is 0.432 e. The van der Waals surface area contributed by atoms with E-state index in [0.29, 0.717) is 5.56 Å². The molecule has 0 saturated heterocycles. The molecule has 0 fully saturated rings. The molecule has 2 rings (SSSR count). The predicted molar refractivity (Wildman–Crippen MR) is 73.8 cm³/mol. The van der Waals surface area contributed by atoms with E-state index in [4.69, 9.17) is 16.3 Å². The van der Waals surface area contributed by atoms with E-state index in [0.717, 1.165) is 12.3 Å². The summed E-state index contributed by atoms with van der Waals surface area (Å²) in [4.78, 5) is 24.1. The van der Waals surface area contributed by atoms with Gasteiger partial charge in [0.2, 0.25) is 11.6 Å². The Hall–Kier alpha value is -2.74. The number of hydrogen-bond acceptors (Lipinski definition) is 6. The summed E-state index contributed by atoms with van der Waals surface area (Å²) >= 11 is 5.70. The molecule has 9 heteroatoms. The van der Waals surface area contributed by atoms with Crippen molar-refractivity contribution in [2.24, 2.45) is 0 Å². The quantitative estimate of drug-likeness (QED) is 0.630. The average Bonchev–Trinajstić information content (AvgIpc) is 2.42. The first kappa shape index (κ1) is 14.7. The molecule has 0 spiro atoms. The summed E-state index contributed by atoms with van der Waals surface area (Å²) < 4.78 is 5.36. The second-order valence-corrected chi connectivity index (χ2v) is 4.48. The van der Waals surface area contributed by atoms with E-state index in [-0.39, 0.29) is 28.0 Å². The molecular weight excluding hydrogens is 302 g/mol. The van der Waals surface area contributed by atoms with Gasteiger partial charge >= 0.3 is 5.69 Å². The third-order valence-corrected chi connectivity index (χ3v) is 2.79. The van der Waals surface area contributed by atoms with Gasteiger partial charge in [-0.3, -0.25) is 20.2 Å². The SMILES string of the molecule is Cc1cc([N+](=O)[O-])cnc1Oc1ccc(Cl)cc1[N+](=O)[O-]. The van der Waals surface area contributed by atoms with Crippen LogP contribution in [0.2, 0.25) is 5.02 Å². The molecular formula is C12H8ClN3O5. The number of benzene rings is 1. The van der Waals surface area contributed by atoms with E-state index >= 15 is 0 Å². The highest BCUT2D eigenvalue weighted by molar-refractivity contribution is 6.30. The summed E-state index contributed by atoms with van der Waals surface area (Å²) in [6.45, 7) is 1.55. The first-order chi connectivity index (χ1) is 9.88. The smallest absolute Gasteiger partial charge is 0.313 e. The molecule has 1 heterocycles. The van der Waals surface area contributed by atoms with Gasteiger partial charge in [-0.1, -0.05) is 11.6 Å². The van der Waals surface area contributed by atoms with Gasteiger partial charge in [-0.05, 0) is 19.1 Å². The van der Waals surface area contributed by atoms with Crippen molar-refractivity contribution in [2.45, 2.75) is 6.92 Å². The molecule has 2 aromatic rings. The van der Waals surface area contributed by atoms with Gasteiger partial charge in [0, 0.05) is 22.7 Å². The van der Waals surface area contributed by atoms with Crippen LogP contribution in [0.1, 0.15) is 5.56 Å². The zero-order valence-electron chi connectivity index (χ0n) is 10.6. The van der Waals surface area contributed by atoms with Gasteiger partial charge in [-0.15, -0.1) is 0 Å². The minimum absolute atomic E-state index is 0.0472. The summed E-state index contributed by atoms with van der Waals surface area (Å²) in [6.07, 6.45) is 1.02. The van der Waals surface area contributed by atoms with Gasteiger partial charge in [-0.2, -0.15) is 0 Å². The zero-order chi connectivity index (χ0) is 15.6. The summed E-state index contributed by atoms with van der Waals surface area (Å²) in [5.74, 6) is -0.000115. The van der Waals surface area contributed by atoms with E-state index in [1.54, 1.807) is 6.92 Å². The minimum Gasteiger partial charge on any atom is -0.432 e. The Morgan fingerprint density at radius 3 is 2.48 bits per heavy atom. The summed E-state index contributed by atoms with van der Waals surface area (Å²) in [7, 11) is 0. The normalized spacial score (nSPS) is 10.2. The number of hydrogen-bond donors (Lipinski definition) is 0. The van der Waals surface area contributed by atoms with Crippen LogP contribution in [0.15, 0.2) is 30.5 Å².